The van der Waals surface area contributed by atoms with Gasteiger partial charge in [0, 0.05) is 0 Å². The molecule has 0 unspecified atom stereocenters. The van der Waals surface area contributed by atoms with Crippen molar-refractivity contribution in [2.45, 2.75) is 6.18 Å². The normalized spacial score (nSPS) is 11.2. The van der Waals surface area contributed by atoms with Crippen molar-refractivity contribution in [2.75, 3.05) is 0 Å². The Morgan fingerprint density at radius 3 is 2.44 bits per heavy atom. The Morgan fingerprint density at radius 2 is 2.06 bits per heavy atom. The number of aromatic nitrogens is 1. The summed E-state index contributed by atoms with van der Waals surface area (Å²) >= 11 is 0. The van der Waals surface area contributed by atoms with E-state index in [0.717, 1.165) is 0 Å². The summed E-state index contributed by atoms with van der Waals surface area (Å²) in [7, 11) is 0. The molecule has 0 saturated carbocycles. The molecule has 86 valence electrons. The van der Waals surface area contributed by atoms with E-state index in [2.05, 4.69) is 4.98 Å². The van der Waals surface area contributed by atoms with E-state index in [1.807, 2.05) is 0 Å². The molecule has 0 atom stereocenters. The average molecular weight is 236 g/mol. The van der Waals surface area contributed by atoms with Crippen molar-refractivity contribution in [2.24, 2.45) is 0 Å². The number of carboxylic acid groups (broad SMARTS) is 1. The first-order valence-corrected chi connectivity index (χ1v) is 3.68. The molecule has 0 aliphatic rings. The SMILES string of the molecule is O=C(O)c1cc(C(F)(F)F)ncc1[N+](=O)[O-]. The zero-order valence-electron chi connectivity index (χ0n) is 7.35. The summed E-state index contributed by atoms with van der Waals surface area (Å²) in [6.07, 6.45) is -4.58. The number of rotatable bonds is 2. The van der Waals surface area contributed by atoms with E-state index in [9.17, 15) is 28.1 Å². The molecule has 0 fully saturated rings. The van der Waals surface area contributed by atoms with Gasteiger partial charge in [0.25, 0.3) is 0 Å². The molecule has 16 heavy (non-hydrogen) atoms. The minimum atomic E-state index is -4.85. The minimum absolute atomic E-state index is 0.125. The van der Waals surface area contributed by atoms with E-state index in [-0.39, 0.29) is 12.3 Å². The van der Waals surface area contributed by atoms with Gasteiger partial charge in [-0.2, -0.15) is 13.2 Å². The van der Waals surface area contributed by atoms with E-state index < -0.39 is 34.0 Å². The number of hydrogen-bond donors (Lipinski definition) is 1. The predicted octanol–water partition coefficient (Wildman–Crippen LogP) is 1.71. The summed E-state index contributed by atoms with van der Waals surface area (Å²) in [4.78, 5) is 22.5. The predicted molar refractivity (Wildman–Crippen MR) is 42.9 cm³/mol. The first kappa shape index (κ1) is 11.9. The van der Waals surface area contributed by atoms with Crippen molar-refractivity contribution in [1.29, 1.82) is 0 Å². The van der Waals surface area contributed by atoms with Crippen LogP contribution in [0, 0.1) is 10.1 Å². The number of nitrogens with zero attached hydrogens (tertiary/aromatic N) is 2. The van der Waals surface area contributed by atoms with Gasteiger partial charge in [0.1, 0.15) is 17.5 Å². The Hall–Kier alpha value is -2.19. The zero-order chi connectivity index (χ0) is 12.5. The lowest BCUT2D eigenvalue weighted by Gasteiger charge is -2.05. The van der Waals surface area contributed by atoms with Crippen LogP contribution in [0.3, 0.4) is 0 Å². The molecule has 0 aliphatic carbocycles. The Bertz CT molecular complexity index is 457. The van der Waals surface area contributed by atoms with Crippen LogP contribution in [-0.2, 0) is 6.18 Å². The van der Waals surface area contributed by atoms with E-state index in [1.54, 1.807) is 0 Å². The van der Waals surface area contributed by atoms with E-state index in [4.69, 9.17) is 5.11 Å². The Morgan fingerprint density at radius 1 is 1.50 bits per heavy atom. The van der Waals surface area contributed by atoms with Gasteiger partial charge in [0.15, 0.2) is 0 Å². The smallest absolute Gasteiger partial charge is 0.433 e. The maximum absolute atomic E-state index is 12.1. The van der Waals surface area contributed by atoms with Crippen molar-refractivity contribution >= 4 is 11.7 Å². The van der Waals surface area contributed by atoms with Crippen LogP contribution < -0.4 is 0 Å². The fourth-order valence-electron chi connectivity index (χ4n) is 0.920. The standard InChI is InChI=1S/C7H3F3N2O4/c8-7(9,10)5-1-3(6(13)14)4(2-11-5)12(15)16/h1-2H,(H,13,14). The van der Waals surface area contributed by atoms with E-state index >= 15 is 0 Å². The molecule has 0 aromatic carbocycles. The molecule has 1 heterocycles. The van der Waals surface area contributed by atoms with Crippen LogP contribution in [0.5, 0.6) is 0 Å². The largest absolute Gasteiger partial charge is 0.477 e. The fraction of sp³-hybridized carbons (Fsp3) is 0.143. The highest BCUT2D eigenvalue weighted by Crippen LogP contribution is 2.30. The number of aromatic carboxylic acids is 1. The number of pyridine rings is 1. The molecule has 0 aliphatic heterocycles. The van der Waals surface area contributed by atoms with Gasteiger partial charge in [-0.1, -0.05) is 0 Å². The third kappa shape index (κ3) is 2.24. The van der Waals surface area contributed by atoms with Gasteiger partial charge in [0.2, 0.25) is 0 Å². The van der Waals surface area contributed by atoms with E-state index in [0.29, 0.717) is 0 Å². The molecule has 0 saturated heterocycles. The first-order valence-electron chi connectivity index (χ1n) is 3.68. The molecule has 1 aromatic heterocycles. The number of carboxylic acids is 1. The first-order chi connectivity index (χ1) is 7.23. The lowest BCUT2D eigenvalue weighted by Crippen LogP contribution is -2.12. The summed E-state index contributed by atoms with van der Waals surface area (Å²) < 4.78 is 36.4. The quantitative estimate of drug-likeness (QED) is 0.623. The second kappa shape index (κ2) is 3.76. The highest BCUT2D eigenvalue weighted by atomic mass is 19.4. The van der Waals surface area contributed by atoms with Crippen molar-refractivity contribution in [1.82, 2.24) is 4.98 Å². The average Bonchev–Trinajstić information content (AvgIpc) is 2.15. The number of halogens is 3. The fourth-order valence-corrected chi connectivity index (χ4v) is 0.920. The van der Waals surface area contributed by atoms with Crippen LogP contribution in [0.2, 0.25) is 0 Å². The van der Waals surface area contributed by atoms with Crippen LogP contribution in [0.15, 0.2) is 12.3 Å². The molecular weight excluding hydrogens is 233 g/mol. The Labute approximate surface area is 85.5 Å². The summed E-state index contributed by atoms with van der Waals surface area (Å²) in [5.74, 6) is -1.82. The minimum Gasteiger partial charge on any atom is -0.477 e. The molecule has 1 aromatic rings. The molecule has 6 nitrogen and oxygen atoms in total. The third-order valence-corrected chi connectivity index (χ3v) is 1.60. The van der Waals surface area contributed by atoms with Crippen LogP contribution in [0.1, 0.15) is 16.1 Å². The highest BCUT2D eigenvalue weighted by Gasteiger charge is 2.35. The molecule has 0 spiro atoms. The van der Waals surface area contributed by atoms with Crippen molar-refractivity contribution < 1.29 is 28.0 Å². The monoisotopic (exact) mass is 236 g/mol. The summed E-state index contributed by atoms with van der Waals surface area (Å²) in [5.41, 5.74) is -3.52. The van der Waals surface area contributed by atoms with Crippen molar-refractivity contribution in [3.63, 3.8) is 0 Å². The molecule has 0 bridgehead atoms. The molecule has 1 rings (SSSR count). The van der Waals surface area contributed by atoms with Crippen LogP contribution in [0.4, 0.5) is 18.9 Å². The van der Waals surface area contributed by atoms with Crippen LogP contribution in [-0.4, -0.2) is 21.0 Å². The number of alkyl halides is 3. The zero-order valence-corrected chi connectivity index (χ0v) is 7.35. The van der Waals surface area contributed by atoms with Gasteiger partial charge >= 0.3 is 17.8 Å². The Kier molecular flexibility index (Phi) is 2.79. The molecular formula is C7H3F3N2O4. The summed E-state index contributed by atoms with van der Waals surface area (Å²) in [6, 6.07) is 0.125. The number of nitro groups is 1. The van der Waals surface area contributed by atoms with Crippen molar-refractivity contribution in [3.8, 4) is 0 Å². The van der Waals surface area contributed by atoms with Gasteiger partial charge in [-0.25, -0.2) is 9.78 Å². The van der Waals surface area contributed by atoms with Gasteiger partial charge in [-0.15, -0.1) is 0 Å². The van der Waals surface area contributed by atoms with E-state index in [1.165, 1.54) is 0 Å². The van der Waals surface area contributed by atoms with Gasteiger partial charge < -0.3 is 5.11 Å². The van der Waals surface area contributed by atoms with Gasteiger partial charge in [0.05, 0.1) is 4.92 Å². The highest BCUT2D eigenvalue weighted by molar-refractivity contribution is 5.92. The Balaban J connectivity index is 3.40. The second-order valence-corrected chi connectivity index (χ2v) is 2.65. The maximum Gasteiger partial charge on any atom is 0.433 e. The second-order valence-electron chi connectivity index (χ2n) is 2.65. The number of carbonyl (C=O) groups is 1. The molecule has 0 radical (unpaired) electrons. The lowest BCUT2D eigenvalue weighted by atomic mass is 10.2. The summed E-state index contributed by atoms with van der Waals surface area (Å²) in [6.45, 7) is 0. The maximum atomic E-state index is 12.1. The summed E-state index contributed by atoms with van der Waals surface area (Å²) in [5, 5.41) is 18.8. The van der Waals surface area contributed by atoms with Crippen LogP contribution in [0.25, 0.3) is 0 Å². The molecule has 1 N–H and O–H groups in total. The molecule has 9 heteroatoms. The number of hydrogen-bond acceptors (Lipinski definition) is 4. The third-order valence-electron chi connectivity index (χ3n) is 1.60. The lowest BCUT2D eigenvalue weighted by molar-refractivity contribution is -0.385. The van der Waals surface area contributed by atoms with Crippen molar-refractivity contribution in [3.05, 3.63) is 33.6 Å². The van der Waals surface area contributed by atoms with Crippen LogP contribution >= 0.6 is 0 Å². The molecule has 0 amide bonds. The van der Waals surface area contributed by atoms with Gasteiger partial charge in [-0.3, -0.25) is 10.1 Å². The van der Waals surface area contributed by atoms with Gasteiger partial charge in [-0.05, 0) is 6.07 Å². The topological polar surface area (TPSA) is 93.3 Å².